The summed E-state index contributed by atoms with van der Waals surface area (Å²) in [4.78, 5) is 8.82. The third-order valence-corrected chi connectivity index (χ3v) is 4.68. The Balaban J connectivity index is 0.00000272. The van der Waals surface area contributed by atoms with Crippen LogP contribution in [0.2, 0.25) is 0 Å². The van der Waals surface area contributed by atoms with Crippen molar-refractivity contribution in [3.63, 3.8) is 0 Å². The molecule has 0 fully saturated rings. The largest absolute Gasteiger partial charge is 0.444 e. The van der Waals surface area contributed by atoms with E-state index in [1.165, 1.54) is 5.56 Å². The summed E-state index contributed by atoms with van der Waals surface area (Å²) in [5, 5.41) is 10.8. The van der Waals surface area contributed by atoms with Gasteiger partial charge in [0.05, 0.1) is 17.9 Å². The van der Waals surface area contributed by atoms with Gasteiger partial charge in [-0.3, -0.25) is 4.99 Å². The first-order valence-corrected chi connectivity index (χ1v) is 9.76. The Labute approximate surface area is 198 Å². The molecule has 0 radical (unpaired) electrons. The molecule has 0 aliphatic heterocycles. The second kappa shape index (κ2) is 10.8. The zero-order chi connectivity index (χ0) is 20.8. The van der Waals surface area contributed by atoms with E-state index in [-0.39, 0.29) is 24.0 Å². The lowest BCUT2D eigenvalue weighted by molar-refractivity contribution is 0.572. The van der Waals surface area contributed by atoms with Gasteiger partial charge in [-0.2, -0.15) is 5.10 Å². The van der Waals surface area contributed by atoms with Crippen LogP contribution in [0.4, 0.5) is 0 Å². The van der Waals surface area contributed by atoms with Gasteiger partial charge in [0.15, 0.2) is 5.96 Å². The maximum absolute atomic E-state index is 5.61. The van der Waals surface area contributed by atoms with Gasteiger partial charge in [0, 0.05) is 31.5 Å². The number of nitrogens with one attached hydrogen (secondary N) is 2. The highest BCUT2D eigenvalue weighted by atomic mass is 127. The van der Waals surface area contributed by atoms with Crippen molar-refractivity contribution < 1.29 is 4.42 Å². The van der Waals surface area contributed by atoms with Gasteiger partial charge >= 0.3 is 0 Å². The maximum atomic E-state index is 5.61. The normalized spacial score (nSPS) is 11.1. The molecular formula is C23H25IN6O. The van der Waals surface area contributed by atoms with Crippen molar-refractivity contribution in [1.82, 2.24) is 25.4 Å². The summed E-state index contributed by atoms with van der Waals surface area (Å²) in [6.07, 6.45) is 5.36. The molecule has 31 heavy (non-hydrogen) atoms. The van der Waals surface area contributed by atoms with Crippen LogP contribution >= 0.6 is 24.0 Å². The van der Waals surface area contributed by atoms with E-state index >= 15 is 0 Å². The van der Waals surface area contributed by atoms with Crippen LogP contribution in [-0.4, -0.2) is 27.8 Å². The fourth-order valence-electron chi connectivity index (χ4n) is 2.99. The van der Waals surface area contributed by atoms with Gasteiger partial charge in [-0.05, 0) is 42.8 Å². The molecule has 0 amide bonds. The zero-order valence-electron chi connectivity index (χ0n) is 17.4. The van der Waals surface area contributed by atoms with Gasteiger partial charge in [0.1, 0.15) is 6.26 Å². The van der Waals surface area contributed by atoms with Crippen molar-refractivity contribution in [1.29, 1.82) is 0 Å². The smallest absolute Gasteiger partial charge is 0.226 e. The summed E-state index contributed by atoms with van der Waals surface area (Å²) >= 11 is 0. The molecule has 2 aromatic carbocycles. The van der Waals surface area contributed by atoms with E-state index in [2.05, 4.69) is 44.8 Å². The molecule has 0 bridgehead atoms. The SMILES string of the molecule is CN=C(NCc1ccc(-n2cccn2)cc1)NCc1coc(-c2ccc(C)cc2)n1.I. The van der Waals surface area contributed by atoms with E-state index in [0.29, 0.717) is 24.9 Å². The lowest BCUT2D eigenvalue weighted by Crippen LogP contribution is -2.36. The molecule has 0 unspecified atom stereocenters. The molecule has 0 saturated heterocycles. The molecule has 0 saturated carbocycles. The van der Waals surface area contributed by atoms with Gasteiger partial charge in [-0.1, -0.05) is 29.8 Å². The third kappa shape index (κ3) is 5.94. The predicted octanol–water partition coefficient (Wildman–Crippen LogP) is 4.32. The average Bonchev–Trinajstić information content (AvgIpc) is 3.47. The summed E-state index contributed by atoms with van der Waals surface area (Å²) in [5.41, 5.74) is 5.17. The number of aromatic nitrogens is 3. The number of rotatable bonds is 6. The summed E-state index contributed by atoms with van der Waals surface area (Å²) in [6.45, 7) is 3.24. The van der Waals surface area contributed by atoms with Gasteiger partial charge < -0.3 is 15.1 Å². The summed E-state index contributed by atoms with van der Waals surface area (Å²) in [7, 11) is 1.75. The number of hydrogen-bond acceptors (Lipinski definition) is 4. The quantitative estimate of drug-likeness (QED) is 0.222. The molecule has 8 heteroatoms. The van der Waals surface area contributed by atoms with Crippen molar-refractivity contribution in [2.75, 3.05) is 7.05 Å². The molecule has 0 spiro atoms. The fraction of sp³-hybridized carbons (Fsp3) is 0.174. The number of benzene rings is 2. The van der Waals surface area contributed by atoms with Gasteiger partial charge in [-0.25, -0.2) is 9.67 Å². The Hall–Kier alpha value is -3.14. The van der Waals surface area contributed by atoms with Crippen LogP contribution in [0.15, 0.2) is 82.7 Å². The molecule has 4 rings (SSSR count). The van der Waals surface area contributed by atoms with Crippen LogP contribution in [0.25, 0.3) is 17.1 Å². The first-order valence-electron chi connectivity index (χ1n) is 9.76. The summed E-state index contributed by atoms with van der Waals surface area (Å²) in [6, 6.07) is 18.3. The average molecular weight is 528 g/mol. The minimum atomic E-state index is 0. The Morgan fingerprint density at radius 1 is 1.03 bits per heavy atom. The molecule has 2 heterocycles. The Morgan fingerprint density at radius 3 is 2.45 bits per heavy atom. The molecular weight excluding hydrogens is 503 g/mol. The zero-order valence-corrected chi connectivity index (χ0v) is 19.8. The Bertz CT molecular complexity index is 1100. The van der Waals surface area contributed by atoms with Crippen LogP contribution < -0.4 is 10.6 Å². The number of halogens is 1. The first-order chi connectivity index (χ1) is 14.7. The minimum Gasteiger partial charge on any atom is -0.444 e. The maximum Gasteiger partial charge on any atom is 0.226 e. The van der Waals surface area contributed by atoms with Gasteiger partial charge in [0.2, 0.25) is 5.89 Å². The van der Waals surface area contributed by atoms with Crippen molar-refractivity contribution in [3.8, 4) is 17.1 Å². The molecule has 0 aliphatic carbocycles. The molecule has 160 valence electrons. The summed E-state index contributed by atoms with van der Waals surface area (Å²) < 4.78 is 7.44. The second-order valence-electron chi connectivity index (χ2n) is 6.91. The minimum absolute atomic E-state index is 0. The first kappa shape index (κ1) is 22.5. The number of aryl methyl sites for hydroxylation is 1. The standard InChI is InChI=1S/C23H24N6O.HI/c1-17-4-8-19(9-5-17)22-28-20(16-30-22)15-26-23(24-2)25-14-18-6-10-21(11-7-18)29-13-3-12-27-29;/h3-13,16H,14-15H2,1-2H3,(H2,24,25,26);1H. The van der Waals surface area contributed by atoms with Gasteiger partial charge in [0.25, 0.3) is 0 Å². The van der Waals surface area contributed by atoms with E-state index in [9.17, 15) is 0 Å². The van der Waals surface area contributed by atoms with Crippen molar-refractivity contribution in [2.24, 2.45) is 4.99 Å². The van der Waals surface area contributed by atoms with Crippen LogP contribution in [0.1, 0.15) is 16.8 Å². The molecule has 0 atom stereocenters. The number of guanidine groups is 1. The Morgan fingerprint density at radius 2 is 1.77 bits per heavy atom. The van der Waals surface area contributed by atoms with E-state index in [1.54, 1.807) is 19.5 Å². The van der Waals surface area contributed by atoms with E-state index in [0.717, 1.165) is 22.5 Å². The third-order valence-electron chi connectivity index (χ3n) is 4.68. The number of nitrogens with zero attached hydrogens (tertiary/aromatic N) is 4. The molecule has 2 N–H and O–H groups in total. The summed E-state index contributed by atoms with van der Waals surface area (Å²) in [5.74, 6) is 1.32. The highest BCUT2D eigenvalue weighted by molar-refractivity contribution is 14.0. The number of oxazole rings is 1. The van der Waals surface area contributed by atoms with Crippen molar-refractivity contribution in [3.05, 3.63) is 90.1 Å². The van der Waals surface area contributed by atoms with Crippen LogP contribution in [0.3, 0.4) is 0 Å². The van der Waals surface area contributed by atoms with E-state index in [4.69, 9.17) is 4.42 Å². The molecule has 0 aliphatic rings. The van der Waals surface area contributed by atoms with Crippen LogP contribution in [-0.2, 0) is 13.1 Å². The van der Waals surface area contributed by atoms with Crippen LogP contribution in [0, 0.1) is 6.92 Å². The highest BCUT2D eigenvalue weighted by Gasteiger charge is 2.07. The van der Waals surface area contributed by atoms with E-state index in [1.807, 2.05) is 53.3 Å². The molecule has 4 aromatic rings. The fourth-order valence-corrected chi connectivity index (χ4v) is 2.99. The van der Waals surface area contributed by atoms with Crippen molar-refractivity contribution >= 4 is 29.9 Å². The topological polar surface area (TPSA) is 80.3 Å². The number of aliphatic imine (C=N–C) groups is 1. The highest BCUT2D eigenvalue weighted by Crippen LogP contribution is 2.19. The second-order valence-corrected chi connectivity index (χ2v) is 6.91. The van der Waals surface area contributed by atoms with Crippen LogP contribution in [0.5, 0.6) is 0 Å². The molecule has 7 nitrogen and oxygen atoms in total. The Kier molecular flexibility index (Phi) is 7.82. The number of hydrogen-bond donors (Lipinski definition) is 2. The lowest BCUT2D eigenvalue weighted by atomic mass is 10.1. The predicted molar refractivity (Wildman–Crippen MR) is 133 cm³/mol. The monoisotopic (exact) mass is 528 g/mol. The lowest BCUT2D eigenvalue weighted by Gasteiger charge is -2.11. The van der Waals surface area contributed by atoms with Gasteiger partial charge in [-0.15, -0.1) is 24.0 Å². The molecule has 2 aromatic heterocycles. The van der Waals surface area contributed by atoms with Crippen molar-refractivity contribution in [2.45, 2.75) is 20.0 Å². The van der Waals surface area contributed by atoms with E-state index < -0.39 is 0 Å².